The van der Waals surface area contributed by atoms with Crippen LogP contribution in [0.1, 0.15) is 56.2 Å². The Morgan fingerprint density at radius 1 is 1.00 bits per heavy atom. The van der Waals surface area contributed by atoms with Crippen LogP contribution in [0.5, 0.6) is 5.75 Å². The molecule has 0 aliphatic carbocycles. The van der Waals surface area contributed by atoms with Crippen molar-refractivity contribution in [3.8, 4) is 5.75 Å². The summed E-state index contributed by atoms with van der Waals surface area (Å²) in [6.45, 7) is 4.11. The van der Waals surface area contributed by atoms with Gasteiger partial charge in [0.2, 0.25) is 5.91 Å². The summed E-state index contributed by atoms with van der Waals surface area (Å²) in [5, 5.41) is 5.71. The van der Waals surface area contributed by atoms with Gasteiger partial charge in [0.1, 0.15) is 12.4 Å². The molecule has 1 atom stereocenters. The van der Waals surface area contributed by atoms with Crippen molar-refractivity contribution in [1.82, 2.24) is 15.5 Å². The van der Waals surface area contributed by atoms with Crippen LogP contribution in [-0.2, 0) is 20.9 Å². The second-order valence-corrected chi connectivity index (χ2v) is 8.53. The van der Waals surface area contributed by atoms with Gasteiger partial charge in [-0.2, -0.15) is 0 Å². The highest BCUT2D eigenvalue weighted by atomic mass is 16.5. The molecular formula is C27H35N3O5. The Morgan fingerprint density at radius 3 is 2.46 bits per heavy atom. The molecule has 1 aliphatic rings. The maximum absolute atomic E-state index is 12.5. The van der Waals surface area contributed by atoms with Crippen LogP contribution in [-0.4, -0.2) is 49.0 Å². The maximum Gasteiger partial charge on any atom is 0.407 e. The molecule has 0 bridgehead atoms. The standard InChI is InChI=1S/C27H35N3O5/c1-2-23(22-13-6-7-14-24(22)34-20-26(32)30-17-8-9-18-30)29-25(31)15-10-16-28-27(33)35-19-21-11-4-3-5-12-21/h3-7,11-14,23H,2,8-10,15-20H2,1H3,(H,28,33)(H,29,31). The molecule has 0 aromatic heterocycles. The summed E-state index contributed by atoms with van der Waals surface area (Å²) in [4.78, 5) is 38.5. The van der Waals surface area contributed by atoms with Crippen molar-refractivity contribution in [2.24, 2.45) is 0 Å². The minimum atomic E-state index is -0.504. The van der Waals surface area contributed by atoms with Crippen molar-refractivity contribution >= 4 is 17.9 Å². The van der Waals surface area contributed by atoms with Crippen molar-refractivity contribution in [3.05, 3.63) is 65.7 Å². The molecule has 1 unspecified atom stereocenters. The van der Waals surface area contributed by atoms with E-state index in [2.05, 4.69) is 10.6 Å². The van der Waals surface area contributed by atoms with E-state index in [1.807, 2.05) is 66.4 Å². The van der Waals surface area contributed by atoms with Crippen LogP contribution >= 0.6 is 0 Å². The van der Waals surface area contributed by atoms with E-state index >= 15 is 0 Å². The zero-order valence-electron chi connectivity index (χ0n) is 20.3. The Morgan fingerprint density at radius 2 is 1.71 bits per heavy atom. The number of carbonyl (C=O) groups excluding carboxylic acids is 3. The fourth-order valence-electron chi connectivity index (χ4n) is 3.98. The number of nitrogens with zero attached hydrogens (tertiary/aromatic N) is 1. The molecule has 3 rings (SSSR count). The van der Waals surface area contributed by atoms with E-state index in [4.69, 9.17) is 9.47 Å². The van der Waals surface area contributed by atoms with Crippen LogP contribution in [0.3, 0.4) is 0 Å². The summed E-state index contributed by atoms with van der Waals surface area (Å²) in [5.74, 6) is 0.485. The van der Waals surface area contributed by atoms with Gasteiger partial charge < -0.3 is 25.0 Å². The lowest BCUT2D eigenvalue weighted by Gasteiger charge is -2.22. The number of rotatable bonds is 12. The average molecular weight is 482 g/mol. The Balaban J connectivity index is 1.40. The predicted molar refractivity (Wildman–Crippen MR) is 133 cm³/mol. The molecule has 2 aromatic rings. The summed E-state index contributed by atoms with van der Waals surface area (Å²) < 4.78 is 11.0. The van der Waals surface area contributed by atoms with Crippen molar-refractivity contribution < 1.29 is 23.9 Å². The van der Waals surface area contributed by atoms with Gasteiger partial charge in [-0.25, -0.2) is 4.79 Å². The Hall–Kier alpha value is -3.55. The Labute approximate surface area is 207 Å². The van der Waals surface area contributed by atoms with Crippen LogP contribution in [0.15, 0.2) is 54.6 Å². The van der Waals surface area contributed by atoms with Crippen LogP contribution < -0.4 is 15.4 Å². The topological polar surface area (TPSA) is 97.0 Å². The number of ether oxygens (including phenoxy) is 2. The van der Waals surface area contributed by atoms with E-state index < -0.39 is 6.09 Å². The molecule has 1 aliphatic heterocycles. The highest BCUT2D eigenvalue weighted by Crippen LogP contribution is 2.27. The lowest BCUT2D eigenvalue weighted by Crippen LogP contribution is -2.33. The number of likely N-dealkylation sites (tertiary alicyclic amines) is 1. The van der Waals surface area contributed by atoms with Gasteiger partial charge in [0.15, 0.2) is 6.61 Å². The third-order valence-electron chi connectivity index (χ3n) is 5.91. The second kappa shape index (κ2) is 14.0. The summed E-state index contributed by atoms with van der Waals surface area (Å²) in [6, 6.07) is 16.7. The van der Waals surface area contributed by atoms with E-state index in [-0.39, 0.29) is 37.5 Å². The van der Waals surface area contributed by atoms with Gasteiger partial charge in [0.05, 0.1) is 6.04 Å². The monoisotopic (exact) mass is 481 g/mol. The predicted octanol–water partition coefficient (Wildman–Crippen LogP) is 3.96. The van der Waals surface area contributed by atoms with Gasteiger partial charge in [-0.05, 0) is 37.3 Å². The number of amides is 3. The molecule has 1 saturated heterocycles. The molecular weight excluding hydrogens is 446 g/mol. The molecule has 8 nitrogen and oxygen atoms in total. The van der Waals surface area contributed by atoms with Crippen molar-refractivity contribution in [3.63, 3.8) is 0 Å². The van der Waals surface area contributed by atoms with Crippen LogP contribution in [0.4, 0.5) is 4.79 Å². The largest absolute Gasteiger partial charge is 0.483 e. The number of para-hydroxylation sites is 1. The minimum absolute atomic E-state index is 0.00651. The first-order valence-electron chi connectivity index (χ1n) is 12.3. The van der Waals surface area contributed by atoms with Gasteiger partial charge >= 0.3 is 6.09 Å². The summed E-state index contributed by atoms with van der Waals surface area (Å²) >= 11 is 0. The van der Waals surface area contributed by atoms with Crippen LogP contribution in [0.2, 0.25) is 0 Å². The molecule has 3 amide bonds. The van der Waals surface area contributed by atoms with Crippen molar-refractivity contribution in [2.75, 3.05) is 26.2 Å². The maximum atomic E-state index is 12.5. The van der Waals surface area contributed by atoms with E-state index in [1.165, 1.54) is 0 Å². The number of carbonyl (C=O) groups is 3. The summed E-state index contributed by atoms with van der Waals surface area (Å²) in [5.41, 5.74) is 1.76. The van der Waals surface area contributed by atoms with E-state index in [9.17, 15) is 14.4 Å². The first-order valence-corrected chi connectivity index (χ1v) is 12.3. The summed E-state index contributed by atoms with van der Waals surface area (Å²) in [7, 11) is 0. The van der Waals surface area contributed by atoms with Crippen LogP contribution in [0, 0.1) is 0 Å². The van der Waals surface area contributed by atoms with Crippen LogP contribution in [0.25, 0.3) is 0 Å². The van der Waals surface area contributed by atoms with Gasteiger partial charge in [0.25, 0.3) is 5.91 Å². The van der Waals surface area contributed by atoms with Crippen molar-refractivity contribution in [2.45, 2.75) is 51.7 Å². The van der Waals surface area contributed by atoms with E-state index in [0.717, 1.165) is 37.1 Å². The number of hydrogen-bond acceptors (Lipinski definition) is 5. The third kappa shape index (κ3) is 8.63. The molecule has 0 radical (unpaired) electrons. The minimum Gasteiger partial charge on any atom is -0.483 e. The van der Waals surface area contributed by atoms with E-state index in [0.29, 0.717) is 25.1 Å². The SMILES string of the molecule is CCC(NC(=O)CCCNC(=O)OCc1ccccc1)c1ccccc1OCC(=O)N1CCCC1. The molecule has 0 spiro atoms. The summed E-state index contributed by atoms with van der Waals surface area (Å²) in [6.07, 6.45) is 3.01. The molecule has 1 fully saturated rings. The highest BCUT2D eigenvalue weighted by Gasteiger charge is 2.20. The molecule has 188 valence electrons. The molecule has 2 N–H and O–H groups in total. The number of benzene rings is 2. The molecule has 1 heterocycles. The molecule has 35 heavy (non-hydrogen) atoms. The zero-order valence-corrected chi connectivity index (χ0v) is 20.3. The smallest absolute Gasteiger partial charge is 0.407 e. The highest BCUT2D eigenvalue weighted by molar-refractivity contribution is 5.78. The van der Waals surface area contributed by atoms with E-state index in [1.54, 1.807) is 0 Å². The fourth-order valence-corrected chi connectivity index (χ4v) is 3.98. The van der Waals surface area contributed by atoms with Gasteiger partial charge in [-0.1, -0.05) is 55.5 Å². The first-order chi connectivity index (χ1) is 17.1. The molecule has 2 aromatic carbocycles. The number of nitrogens with one attached hydrogen (secondary N) is 2. The quantitative estimate of drug-likeness (QED) is 0.447. The van der Waals surface area contributed by atoms with Crippen molar-refractivity contribution in [1.29, 1.82) is 0 Å². The Kier molecular flexibility index (Phi) is 10.4. The van der Waals surface area contributed by atoms with Gasteiger partial charge in [-0.3, -0.25) is 9.59 Å². The molecule has 0 saturated carbocycles. The lowest BCUT2D eigenvalue weighted by atomic mass is 10.0. The average Bonchev–Trinajstić information content (AvgIpc) is 3.43. The zero-order chi connectivity index (χ0) is 24.9. The number of alkyl carbamates (subject to hydrolysis) is 1. The number of hydrogen-bond donors (Lipinski definition) is 2. The third-order valence-corrected chi connectivity index (χ3v) is 5.91. The Bertz CT molecular complexity index is 960. The first kappa shape index (κ1) is 26.1. The van der Waals surface area contributed by atoms with Gasteiger partial charge in [0, 0.05) is 31.6 Å². The fraction of sp³-hybridized carbons (Fsp3) is 0.444. The lowest BCUT2D eigenvalue weighted by molar-refractivity contribution is -0.132. The normalized spacial score (nSPS) is 13.7. The second-order valence-electron chi connectivity index (χ2n) is 8.53. The molecule has 8 heteroatoms. The van der Waals surface area contributed by atoms with Gasteiger partial charge in [-0.15, -0.1) is 0 Å².